The van der Waals surface area contributed by atoms with Crippen molar-refractivity contribution in [3.8, 4) is 6.07 Å². The van der Waals surface area contributed by atoms with Gasteiger partial charge in [0.25, 0.3) is 0 Å². The molecule has 1 aliphatic heterocycles. The van der Waals surface area contributed by atoms with Gasteiger partial charge in [0, 0.05) is 13.0 Å². The Kier molecular flexibility index (Phi) is 3.48. The minimum atomic E-state index is -3.11. The van der Waals surface area contributed by atoms with Crippen molar-refractivity contribution in [1.29, 1.82) is 5.26 Å². The molecule has 0 bridgehead atoms. The Hall–Kier alpha value is -0.640. The maximum Gasteiger partial charge on any atom is 0.169 e. The van der Waals surface area contributed by atoms with Crippen LogP contribution in [0.2, 0.25) is 0 Å². The van der Waals surface area contributed by atoms with Crippen molar-refractivity contribution in [2.45, 2.75) is 18.4 Å². The Labute approximate surface area is 83.2 Å². The lowest BCUT2D eigenvalue weighted by atomic mass is 10.1. The Morgan fingerprint density at radius 3 is 2.71 bits per heavy atom. The number of nitrogens with zero attached hydrogens (tertiary/aromatic N) is 1. The lowest BCUT2D eigenvalue weighted by Crippen LogP contribution is -2.32. The molecule has 1 fully saturated rings. The van der Waals surface area contributed by atoms with Crippen molar-refractivity contribution >= 4 is 9.84 Å². The van der Waals surface area contributed by atoms with E-state index in [4.69, 9.17) is 15.1 Å². The average Bonchev–Trinajstić information content (AvgIpc) is 2.44. The first-order valence-electron chi connectivity index (χ1n) is 4.40. The molecule has 0 radical (unpaired) electrons. The van der Waals surface area contributed by atoms with E-state index in [2.05, 4.69) is 0 Å². The van der Waals surface area contributed by atoms with E-state index in [-0.39, 0.29) is 31.1 Å². The van der Waals surface area contributed by atoms with Gasteiger partial charge >= 0.3 is 0 Å². The van der Waals surface area contributed by atoms with Crippen LogP contribution in [0.25, 0.3) is 0 Å². The minimum absolute atomic E-state index is 0.0136. The van der Waals surface area contributed by atoms with Crippen LogP contribution < -0.4 is 0 Å². The molecule has 1 heterocycles. The summed E-state index contributed by atoms with van der Waals surface area (Å²) in [5, 5.41) is 17.4. The smallest absolute Gasteiger partial charge is 0.169 e. The first-order valence-corrected chi connectivity index (χ1v) is 6.22. The summed E-state index contributed by atoms with van der Waals surface area (Å²) in [5.41, 5.74) is -1.17. The van der Waals surface area contributed by atoms with Crippen molar-refractivity contribution in [2.75, 3.05) is 24.7 Å². The van der Waals surface area contributed by atoms with E-state index in [1.807, 2.05) is 6.07 Å². The van der Waals surface area contributed by atoms with Gasteiger partial charge in [0.1, 0.15) is 0 Å². The summed E-state index contributed by atoms with van der Waals surface area (Å²) in [6.07, 6.45) is 0.654. The molecule has 0 aliphatic carbocycles. The van der Waals surface area contributed by atoms with Crippen LogP contribution in [0.15, 0.2) is 0 Å². The van der Waals surface area contributed by atoms with E-state index >= 15 is 0 Å². The molecule has 5 nitrogen and oxygen atoms in total. The second kappa shape index (κ2) is 4.26. The van der Waals surface area contributed by atoms with Crippen LogP contribution in [-0.4, -0.2) is 43.8 Å². The topological polar surface area (TPSA) is 87.4 Å². The van der Waals surface area contributed by atoms with Gasteiger partial charge in [-0.1, -0.05) is 0 Å². The number of rotatable bonds is 4. The first-order chi connectivity index (χ1) is 6.54. The van der Waals surface area contributed by atoms with E-state index in [1.165, 1.54) is 0 Å². The maximum atomic E-state index is 11.2. The molecule has 1 rings (SSSR count). The first kappa shape index (κ1) is 11.4. The fraction of sp³-hybridized carbons (Fsp3) is 0.875. The summed E-state index contributed by atoms with van der Waals surface area (Å²) in [7, 11) is -3.11. The Balaban J connectivity index is 2.58. The van der Waals surface area contributed by atoms with Crippen LogP contribution in [-0.2, 0) is 14.6 Å². The van der Waals surface area contributed by atoms with E-state index in [9.17, 15) is 8.42 Å². The molecule has 0 aromatic carbocycles. The van der Waals surface area contributed by atoms with Crippen LogP contribution in [0.3, 0.4) is 0 Å². The van der Waals surface area contributed by atoms with Crippen molar-refractivity contribution in [3.05, 3.63) is 0 Å². The maximum absolute atomic E-state index is 11.2. The van der Waals surface area contributed by atoms with Gasteiger partial charge in [-0.2, -0.15) is 5.26 Å². The lowest BCUT2D eigenvalue weighted by molar-refractivity contribution is 0.0101. The highest BCUT2D eigenvalue weighted by Crippen LogP contribution is 2.26. The largest absolute Gasteiger partial charge is 0.396 e. The molecule has 1 aliphatic rings. The predicted molar refractivity (Wildman–Crippen MR) is 49.3 cm³/mol. The molecule has 1 saturated heterocycles. The van der Waals surface area contributed by atoms with Crippen molar-refractivity contribution < 1.29 is 18.3 Å². The van der Waals surface area contributed by atoms with Crippen LogP contribution in [0.5, 0.6) is 0 Å². The third kappa shape index (κ3) is 2.67. The number of aliphatic hydroxyl groups excluding tert-OH is 1. The summed E-state index contributed by atoms with van der Waals surface area (Å²) in [5.74, 6) is -0.207. The molecule has 0 saturated carbocycles. The number of ether oxygens (including phenoxy) is 1. The van der Waals surface area contributed by atoms with E-state index < -0.39 is 15.4 Å². The Bertz CT molecular complexity index is 332. The third-order valence-electron chi connectivity index (χ3n) is 2.15. The number of hydrogen-bond donors (Lipinski definition) is 1. The molecular weight excluding hydrogens is 206 g/mol. The molecule has 0 amide bonds. The quantitative estimate of drug-likeness (QED) is 0.642. The van der Waals surface area contributed by atoms with Gasteiger partial charge in [0.05, 0.1) is 24.2 Å². The summed E-state index contributed by atoms with van der Waals surface area (Å²) in [6, 6.07) is 1.91. The van der Waals surface area contributed by atoms with Crippen molar-refractivity contribution in [3.63, 3.8) is 0 Å². The van der Waals surface area contributed by atoms with Crippen LogP contribution in [0.4, 0.5) is 0 Å². The molecule has 0 spiro atoms. The second-order valence-corrected chi connectivity index (χ2v) is 5.56. The number of nitriles is 1. The van der Waals surface area contributed by atoms with Gasteiger partial charge < -0.3 is 9.84 Å². The highest BCUT2D eigenvalue weighted by Gasteiger charge is 2.43. The molecule has 1 N–H and O–H groups in total. The highest BCUT2D eigenvalue weighted by atomic mass is 32.2. The van der Waals surface area contributed by atoms with Crippen LogP contribution >= 0.6 is 0 Å². The van der Waals surface area contributed by atoms with Gasteiger partial charge in [-0.15, -0.1) is 0 Å². The molecular formula is C8H13NO4S. The summed E-state index contributed by atoms with van der Waals surface area (Å²) in [4.78, 5) is 0. The zero-order valence-electron chi connectivity index (χ0n) is 7.77. The molecule has 0 aromatic heterocycles. The molecule has 80 valence electrons. The fourth-order valence-electron chi connectivity index (χ4n) is 1.39. The summed E-state index contributed by atoms with van der Waals surface area (Å²) < 4.78 is 27.5. The van der Waals surface area contributed by atoms with Gasteiger partial charge in [-0.3, -0.25) is 0 Å². The monoisotopic (exact) mass is 219 g/mol. The summed E-state index contributed by atoms with van der Waals surface area (Å²) in [6.45, 7) is 0.202. The predicted octanol–water partition coefficient (Wildman–Crippen LogP) is -0.534. The number of hydrogen-bond acceptors (Lipinski definition) is 5. The van der Waals surface area contributed by atoms with Gasteiger partial charge in [0.2, 0.25) is 0 Å². The zero-order valence-corrected chi connectivity index (χ0v) is 8.59. The number of aliphatic hydroxyl groups is 1. The second-order valence-electron chi connectivity index (χ2n) is 3.37. The molecule has 6 heteroatoms. The summed E-state index contributed by atoms with van der Waals surface area (Å²) >= 11 is 0. The van der Waals surface area contributed by atoms with Gasteiger partial charge in [-0.25, -0.2) is 8.42 Å². The van der Waals surface area contributed by atoms with E-state index in [1.54, 1.807) is 0 Å². The Morgan fingerprint density at radius 2 is 2.29 bits per heavy atom. The van der Waals surface area contributed by atoms with Gasteiger partial charge in [0.15, 0.2) is 15.4 Å². The van der Waals surface area contributed by atoms with Crippen LogP contribution in [0, 0.1) is 11.3 Å². The molecule has 14 heavy (non-hydrogen) atoms. The molecule has 1 unspecified atom stereocenters. The third-order valence-corrected chi connectivity index (χ3v) is 3.89. The fourth-order valence-corrected chi connectivity index (χ4v) is 3.17. The average molecular weight is 219 g/mol. The zero-order chi connectivity index (χ0) is 10.7. The highest BCUT2D eigenvalue weighted by molar-refractivity contribution is 7.91. The lowest BCUT2D eigenvalue weighted by Gasteiger charge is -2.18. The normalized spacial score (nSPS) is 30.0. The Morgan fingerprint density at radius 1 is 1.57 bits per heavy atom. The molecule has 0 aromatic rings. The van der Waals surface area contributed by atoms with Crippen molar-refractivity contribution in [2.24, 2.45) is 0 Å². The SMILES string of the molecule is N#CC1(OCCCO)CCS(=O)(=O)C1. The van der Waals surface area contributed by atoms with Crippen molar-refractivity contribution in [1.82, 2.24) is 0 Å². The number of sulfone groups is 1. The van der Waals surface area contributed by atoms with Gasteiger partial charge in [-0.05, 0) is 6.42 Å². The van der Waals surface area contributed by atoms with E-state index in [0.29, 0.717) is 6.42 Å². The van der Waals surface area contributed by atoms with E-state index in [0.717, 1.165) is 0 Å². The standard InChI is InChI=1S/C8H13NO4S/c9-6-8(13-4-1-3-10)2-5-14(11,12)7-8/h10H,1-5,7H2. The van der Waals surface area contributed by atoms with Crippen LogP contribution in [0.1, 0.15) is 12.8 Å². The minimum Gasteiger partial charge on any atom is -0.396 e. The molecule has 1 atom stereocenters.